The van der Waals surface area contributed by atoms with Gasteiger partial charge < -0.3 is 10.0 Å². The molecule has 2 unspecified atom stereocenters. The van der Waals surface area contributed by atoms with Gasteiger partial charge in [0.15, 0.2) is 0 Å². The summed E-state index contributed by atoms with van der Waals surface area (Å²) in [6.07, 6.45) is 7.69. The Bertz CT molecular complexity index is 261. The van der Waals surface area contributed by atoms with Crippen LogP contribution in [0.2, 0.25) is 0 Å². The van der Waals surface area contributed by atoms with Crippen LogP contribution in [-0.2, 0) is 4.79 Å². The second-order valence-corrected chi connectivity index (χ2v) is 6.10. The number of aliphatic carboxylic acids is 1. The van der Waals surface area contributed by atoms with Gasteiger partial charge in [0.25, 0.3) is 0 Å². The lowest BCUT2D eigenvalue weighted by atomic mass is 9.86. The minimum atomic E-state index is -0.606. The monoisotopic (exact) mass is 239 g/mol. The molecule has 3 nitrogen and oxygen atoms in total. The van der Waals surface area contributed by atoms with Crippen LogP contribution in [0.25, 0.3) is 0 Å². The molecule has 1 saturated heterocycles. The molecule has 3 heteroatoms. The predicted molar refractivity (Wildman–Crippen MR) is 67.9 cm³/mol. The van der Waals surface area contributed by atoms with Gasteiger partial charge in [0.1, 0.15) is 0 Å². The van der Waals surface area contributed by atoms with E-state index in [1.165, 1.54) is 32.1 Å². The Morgan fingerprint density at radius 2 is 1.94 bits per heavy atom. The predicted octanol–water partition coefficient (Wildman–Crippen LogP) is 2.61. The molecule has 0 aromatic carbocycles. The smallest absolute Gasteiger partial charge is 0.307 e. The Balaban J connectivity index is 1.84. The molecule has 1 heterocycles. The van der Waals surface area contributed by atoms with Crippen LogP contribution < -0.4 is 0 Å². The van der Waals surface area contributed by atoms with Crippen molar-refractivity contribution in [1.29, 1.82) is 0 Å². The molecule has 2 rings (SSSR count). The molecule has 98 valence electrons. The number of hydrogen-bond donors (Lipinski definition) is 1. The van der Waals surface area contributed by atoms with E-state index in [1.54, 1.807) is 0 Å². The highest BCUT2D eigenvalue weighted by molar-refractivity contribution is 5.70. The number of carbonyl (C=O) groups is 1. The number of hydrogen-bond acceptors (Lipinski definition) is 2. The third-order valence-corrected chi connectivity index (χ3v) is 4.33. The van der Waals surface area contributed by atoms with Gasteiger partial charge in [-0.15, -0.1) is 0 Å². The molecule has 0 bridgehead atoms. The van der Waals surface area contributed by atoms with Crippen LogP contribution in [-0.4, -0.2) is 35.6 Å². The zero-order chi connectivity index (χ0) is 12.3. The summed E-state index contributed by atoms with van der Waals surface area (Å²) in [7, 11) is 0. The van der Waals surface area contributed by atoms with Crippen LogP contribution >= 0.6 is 0 Å². The molecule has 0 aromatic rings. The molecule has 0 aromatic heterocycles. The number of nitrogens with zero attached hydrogens (tertiary/aromatic N) is 1. The van der Waals surface area contributed by atoms with Crippen LogP contribution in [0.3, 0.4) is 0 Å². The molecule has 2 fully saturated rings. The van der Waals surface area contributed by atoms with E-state index < -0.39 is 5.97 Å². The Hall–Kier alpha value is -0.570. The van der Waals surface area contributed by atoms with E-state index in [0.717, 1.165) is 32.0 Å². The summed E-state index contributed by atoms with van der Waals surface area (Å²) >= 11 is 0. The highest BCUT2D eigenvalue weighted by Gasteiger charge is 2.30. The van der Waals surface area contributed by atoms with E-state index in [-0.39, 0.29) is 5.92 Å². The first-order chi connectivity index (χ1) is 8.15. The maximum Gasteiger partial charge on any atom is 0.307 e. The second kappa shape index (κ2) is 5.85. The molecule has 0 spiro atoms. The summed E-state index contributed by atoms with van der Waals surface area (Å²) in [5.74, 6) is 0.615. The largest absolute Gasteiger partial charge is 0.481 e. The molecule has 0 radical (unpaired) electrons. The quantitative estimate of drug-likeness (QED) is 0.823. The van der Waals surface area contributed by atoms with Gasteiger partial charge in [-0.05, 0) is 31.1 Å². The van der Waals surface area contributed by atoms with Crippen molar-refractivity contribution in [3.05, 3.63) is 0 Å². The average molecular weight is 239 g/mol. The zero-order valence-corrected chi connectivity index (χ0v) is 10.9. The standard InChI is InChI=1S/C14H25NO2/c1-11-7-13(14(16)17)10-15(8-11)9-12-5-3-2-4-6-12/h11-13H,2-10H2,1H3,(H,16,17). The second-order valence-electron chi connectivity index (χ2n) is 6.10. The van der Waals surface area contributed by atoms with Gasteiger partial charge in [0, 0.05) is 19.6 Å². The Kier molecular flexibility index (Phi) is 4.43. The Morgan fingerprint density at radius 1 is 1.24 bits per heavy atom. The fourth-order valence-electron chi connectivity index (χ4n) is 3.52. The van der Waals surface area contributed by atoms with Gasteiger partial charge in [-0.2, -0.15) is 0 Å². The van der Waals surface area contributed by atoms with Crippen LogP contribution in [0, 0.1) is 17.8 Å². The molecule has 17 heavy (non-hydrogen) atoms. The molecular formula is C14H25NO2. The van der Waals surface area contributed by atoms with Gasteiger partial charge in [0.05, 0.1) is 5.92 Å². The Labute approximate surface area is 104 Å². The van der Waals surface area contributed by atoms with E-state index in [2.05, 4.69) is 11.8 Å². The maximum absolute atomic E-state index is 11.1. The van der Waals surface area contributed by atoms with Crippen LogP contribution in [0.5, 0.6) is 0 Å². The number of carboxylic acids is 1. The van der Waals surface area contributed by atoms with Crippen molar-refractivity contribution in [2.24, 2.45) is 17.8 Å². The van der Waals surface area contributed by atoms with Gasteiger partial charge in [-0.25, -0.2) is 0 Å². The van der Waals surface area contributed by atoms with Gasteiger partial charge >= 0.3 is 5.97 Å². The van der Waals surface area contributed by atoms with Crippen molar-refractivity contribution in [3.63, 3.8) is 0 Å². The van der Waals surface area contributed by atoms with Crippen LogP contribution in [0.4, 0.5) is 0 Å². The minimum Gasteiger partial charge on any atom is -0.481 e. The molecule has 0 amide bonds. The molecule has 1 aliphatic heterocycles. The SMILES string of the molecule is CC1CC(C(=O)O)CN(CC2CCCCC2)C1. The summed E-state index contributed by atoms with van der Waals surface area (Å²) in [4.78, 5) is 13.5. The normalized spacial score (nSPS) is 32.5. The molecule has 2 aliphatic rings. The van der Waals surface area contributed by atoms with Gasteiger partial charge in [-0.3, -0.25) is 4.79 Å². The highest BCUT2D eigenvalue weighted by atomic mass is 16.4. The lowest BCUT2D eigenvalue weighted by Crippen LogP contribution is -2.44. The van der Waals surface area contributed by atoms with Crippen molar-refractivity contribution in [2.75, 3.05) is 19.6 Å². The number of carboxylic acid groups (broad SMARTS) is 1. The summed E-state index contributed by atoms with van der Waals surface area (Å²) in [5, 5.41) is 9.15. The molecule has 1 N–H and O–H groups in total. The maximum atomic E-state index is 11.1. The van der Waals surface area contributed by atoms with Crippen LogP contribution in [0.15, 0.2) is 0 Å². The highest BCUT2D eigenvalue weighted by Crippen LogP contribution is 2.27. The van der Waals surface area contributed by atoms with Crippen molar-refractivity contribution in [1.82, 2.24) is 4.90 Å². The number of rotatable bonds is 3. The lowest BCUT2D eigenvalue weighted by Gasteiger charge is -2.37. The molecular weight excluding hydrogens is 214 g/mol. The fourth-order valence-corrected chi connectivity index (χ4v) is 3.52. The Morgan fingerprint density at radius 3 is 2.59 bits per heavy atom. The lowest BCUT2D eigenvalue weighted by molar-refractivity contribution is -0.144. The van der Waals surface area contributed by atoms with Crippen molar-refractivity contribution >= 4 is 5.97 Å². The first-order valence-corrected chi connectivity index (χ1v) is 7.10. The fraction of sp³-hybridized carbons (Fsp3) is 0.929. The first kappa shape index (κ1) is 12.9. The average Bonchev–Trinajstić information content (AvgIpc) is 2.29. The van der Waals surface area contributed by atoms with Crippen LogP contribution in [0.1, 0.15) is 45.4 Å². The first-order valence-electron chi connectivity index (χ1n) is 7.10. The van der Waals surface area contributed by atoms with Crippen molar-refractivity contribution in [3.8, 4) is 0 Å². The van der Waals surface area contributed by atoms with E-state index in [9.17, 15) is 4.79 Å². The number of likely N-dealkylation sites (tertiary alicyclic amines) is 1. The van der Waals surface area contributed by atoms with Gasteiger partial charge in [-0.1, -0.05) is 26.2 Å². The zero-order valence-electron chi connectivity index (χ0n) is 10.9. The van der Waals surface area contributed by atoms with Crippen molar-refractivity contribution < 1.29 is 9.90 Å². The van der Waals surface area contributed by atoms with Crippen molar-refractivity contribution in [2.45, 2.75) is 45.4 Å². The van der Waals surface area contributed by atoms with E-state index >= 15 is 0 Å². The van der Waals surface area contributed by atoms with E-state index in [1.807, 2.05) is 0 Å². The third-order valence-electron chi connectivity index (χ3n) is 4.33. The van der Waals surface area contributed by atoms with E-state index in [0.29, 0.717) is 5.92 Å². The summed E-state index contributed by atoms with van der Waals surface area (Å²) < 4.78 is 0. The van der Waals surface area contributed by atoms with E-state index in [4.69, 9.17) is 5.11 Å². The minimum absolute atomic E-state index is 0.137. The molecule has 1 saturated carbocycles. The topological polar surface area (TPSA) is 40.5 Å². The third kappa shape index (κ3) is 3.70. The van der Waals surface area contributed by atoms with Gasteiger partial charge in [0.2, 0.25) is 0 Å². The number of piperidine rings is 1. The molecule has 1 aliphatic carbocycles. The molecule has 2 atom stereocenters. The summed E-state index contributed by atoms with van der Waals surface area (Å²) in [6, 6.07) is 0. The summed E-state index contributed by atoms with van der Waals surface area (Å²) in [6.45, 7) is 5.19. The summed E-state index contributed by atoms with van der Waals surface area (Å²) in [5.41, 5.74) is 0.